The molecule has 6 heteroatoms. The van der Waals surface area contributed by atoms with Crippen LogP contribution >= 0.6 is 24.0 Å². The Morgan fingerprint density at radius 3 is 2.80 bits per heavy atom. The van der Waals surface area contributed by atoms with Crippen LogP contribution in [0, 0.1) is 5.82 Å². The Hall–Kier alpha value is -1.14. The van der Waals surface area contributed by atoms with Gasteiger partial charge in [-0.2, -0.15) is 0 Å². The van der Waals surface area contributed by atoms with Crippen molar-refractivity contribution in [1.82, 2.24) is 4.90 Å². The number of carbonyl (C=O) groups is 1. The zero-order chi connectivity index (χ0) is 14.5. The first-order valence-electron chi connectivity index (χ1n) is 6.58. The van der Waals surface area contributed by atoms with Gasteiger partial charge in [-0.3, -0.25) is 4.79 Å². The van der Waals surface area contributed by atoms with Crippen LogP contribution in [0.4, 0.5) is 10.1 Å². The first-order valence-corrected chi connectivity index (χ1v) is 7.87. The van der Waals surface area contributed by atoms with Crippen molar-refractivity contribution in [3.05, 3.63) is 30.1 Å². The number of halogens is 1. The molecule has 1 N–H and O–H groups in total. The van der Waals surface area contributed by atoms with E-state index in [0.717, 1.165) is 30.3 Å². The van der Waals surface area contributed by atoms with Crippen molar-refractivity contribution in [3.8, 4) is 0 Å². The van der Waals surface area contributed by atoms with E-state index in [2.05, 4.69) is 10.2 Å². The highest BCUT2D eigenvalue weighted by atomic mass is 32.2. The molecule has 0 radical (unpaired) electrons. The molecule has 1 aromatic carbocycles. The van der Waals surface area contributed by atoms with E-state index in [-0.39, 0.29) is 17.0 Å². The maximum Gasteiger partial charge on any atom is 0.237 e. The number of likely N-dealkylation sites (tertiary alicyclic amines) is 1. The fraction of sp³-hybridized carbons (Fsp3) is 0.429. The summed E-state index contributed by atoms with van der Waals surface area (Å²) in [5.74, 6) is -0.530. The van der Waals surface area contributed by atoms with E-state index in [1.54, 1.807) is 12.1 Å². The summed E-state index contributed by atoms with van der Waals surface area (Å²) in [5.41, 5.74) is 0.467. The second kappa shape index (κ2) is 7.04. The van der Waals surface area contributed by atoms with Gasteiger partial charge in [0, 0.05) is 18.8 Å². The van der Waals surface area contributed by atoms with Gasteiger partial charge in [-0.05, 0) is 38.0 Å². The minimum atomic E-state index is -0.365. The predicted octanol–water partition coefficient (Wildman–Crippen LogP) is 3.27. The molecular formula is C14H17FN2OS2. The van der Waals surface area contributed by atoms with Gasteiger partial charge in [0.05, 0.1) is 5.25 Å². The zero-order valence-corrected chi connectivity index (χ0v) is 12.9. The minimum Gasteiger partial charge on any atom is -0.358 e. The lowest BCUT2D eigenvalue weighted by molar-refractivity contribution is -0.115. The van der Waals surface area contributed by atoms with E-state index < -0.39 is 0 Å². The van der Waals surface area contributed by atoms with Gasteiger partial charge in [-0.25, -0.2) is 4.39 Å². The normalized spacial score (nSPS) is 16.0. The van der Waals surface area contributed by atoms with Crippen molar-refractivity contribution in [1.29, 1.82) is 0 Å². The van der Waals surface area contributed by atoms with Crippen molar-refractivity contribution in [3.63, 3.8) is 0 Å². The van der Waals surface area contributed by atoms with Crippen LogP contribution in [0.5, 0.6) is 0 Å². The molecule has 0 bridgehead atoms. The molecule has 0 saturated carbocycles. The van der Waals surface area contributed by atoms with Crippen LogP contribution in [0.3, 0.4) is 0 Å². The minimum absolute atomic E-state index is 0.165. The summed E-state index contributed by atoms with van der Waals surface area (Å²) in [6.45, 7) is 3.76. The molecule has 0 aromatic heterocycles. The van der Waals surface area contributed by atoms with E-state index in [4.69, 9.17) is 12.2 Å². The third-order valence-electron chi connectivity index (χ3n) is 3.10. The highest BCUT2D eigenvalue weighted by molar-refractivity contribution is 8.23. The molecule has 2 rings (SSSR count). The van der Waals surface area contributed by atoms with Gasteiger partial charge in [0.2, 0.25) is 5.91 Å². The Balaban J connectivity index is 1.86. The number of nitrogens with zero attached hydrogens (tertiary/aromatic N) is 1. The highest BCUT2D eigenvalue weighted by Gasteiger charge is 2.21. The fourth-order valence-electron chi connectivity index (χ4n) is 1.99. The van der Waals surface area contributed by atoms with E-state index in [0.29, 0.717) is 5.69 Å². The Labute approximate surface area is 127 Å². The number of rotatable bonds is 3. The predicted molar refractivity (Wildman–Crippen MR) is 85.5 cm³/mol. The lowest BCUT2D eigenvalue weighted by Crippen LogP contribution is -2.29. The Morgan fingerprint density at radius 1 is 1.45 bits per heavy atom. The van der Waals surface area contributed by atoms with Crippen LogP contribution in [-0.4, -0.2) is 33.5 Å². The number of hydrogen-bond acceptors (Lipinski definition) is 3. The number of amides is 1. The molecule has 1 fully saturated rings. The Morgan fingerprint density at radius 2 is 2.15 bits per heavy atom. The first-order chi connectivity index (χ1) is 9.56. The van der Waals surface area contributed by atoms with E-state index in [1.165, 1.54) is 23.9 Å². The number of thiocarbonyl (C=S) groups is 1. The topological polar surface area (TPSA) is 32.3 Å². The van der Waals surface area contributed by atoms with Crippen LogP contribution in [0.25, 0.3) is 0 Å². The summed E-state index contributed by atoms with van der Waals surface area (Å²) in [4.78, 5) is 14.2. The molecule has 1 heterocycles. The number of anilines is 1. The standard InChI is InChI=1S/C14H17FN2OS2/c1-10(20-14(19)17-7-2-3-8-17)13(18)16-12-6-4-5-11(15)9-12/h4-6,9-10H,2-3,7-8H2,1H3,(H,16,18). The van der Waals surface area contributed by atoms with Crippen LogP contribution in [-0.2, 0) is 4.79 Å². The highest BCUT2D eigenvalue weighted by Crippen LogP contribution is 2.21. The van der Waals surface area contributed by atoms with Crippen LogP contribution < -0.4 is 5.32 Å². The smallest absolute Gasteiger partial charge is 0.237 e. The summed E-state index contributed by atoms with van der Waals surface area (Å²) in [7, 11) is 0. The molecule has 1 aromatic rings. The molecule has 3 nitrogen and oxygen atoms in total. The second-order valence-electron chi connectivity index (χ2n) is 4.72. The lowest BCUT2D eigenvalue weighted by atomic mass is 10.3. The second-order valence-corrected chi connectivity index (χ2v) is 6.69. The molecular weight excluding hydrogens is 295 g/mol. The molecule has 1 aliphatic rings. The van der Waals surface area contributed by atoms with Gasteiger partial charge in [0.1, 0.15) is 10.1 Å². The molecule has 20 heavy (non-hydrogen) atoms. The summed E-state index contributed by atoms with van der Waals surface area (Å²) in [6.07, 6.45) is 2.31. The van der Waals surface area contributed by atoms with E-state index in [1.807, 2.05) is 6.92 Å². The number of carbonyl (C=O) groups excluding carboxylic acids is 1. The SMILES string of the molecule is CC(SC(=S)N1CCCC1)C(=O)Nc1cccc(F)c1. The average molecular weight is 312 g/mol. The number of benzene rings is 1. The summed E-state index contributed by atoms with van der Waals surface area (Å²) >= 11 is 6.72. The summed E-state index contributed by atoms with van der Waals surface area (Å²) in [5, 5.41) is 2.40. The van der Waals surface area contributed by atoms with Gasteiger partial charge in [0.25, 0.3) is 0 Å². The molecule has 1 aliphatic heterocycles. The van der Waals surface area contributed by atoms with E-state index in [9.17, 15) is 9.18 Å². The van der Waals surface area contributed by atoms with Crippen molar-refractivity contribution in [2.45, 2.75) is 25.0 Å². The Kier molecular flexibility index (Phi) is 5.37. The molecule has 1 amide bonds. The van der Waals surface area contributed by atoms with E-state index >= 15 is 0 Å². The monoisotopic (exact) mass is 312 g/mol. The molecule has 108 valence electrons. The van der Waals surface area contributed by atoms with Crippen molar-refractivity contribution >= 4 is 39.9 Å². The van der Waals surface area contributed by atoms with Gasteiger partial charge < -0.3 is 10.2 Å². The molecule has 1 atom stereocenters. The fourth-order valence-corrected chi connectivity index (χ4v) is 3.40. The van der Waals surface area contributed by atoms with Gasteiger partial charge >= 0.3 is 0 Å². The van der Waals surface area contributed by atoms with Crippen molar-refractivity contribution in [2.24, 2.45) is 0 Å². The Bertz CT molecular complexity index is 504. The number of thioether (sulfide) groups is 1. The summed E-state index contributed by atoms with van der Waals surface area (Å²) < 4.78 is 13.8. The van der Waals surface area contributed by atoms with Crippen LogP contribution in [0.15, 0.2) is 24.3 Å². The molecule has 1 saturated heterocycles. The quantitative estimate of drug-likeness (QED) is 0.868. The van der Waals surface area contributed by atoms with Crippen molar-refractivity contribution in [2.75, 3.05) is 18.4 Å². The van der Waals surface area contributed by atoms with Crippen LogP contribution in [0.1, 0.15) is 19.8 Å². The lowest BCUT2D eigenvalue weighted by Gasteiger charge is -2.20. The zero-order valence-electron chi connectivity index (χ0n) is 11.3. The third-order valence-corrected chi connectivity index (χ3v) is 4.68. The number of hydrogen-bond donors (Lipinski definition) is 1. The van der Waals surface area contributed by atoms with Gasteiger partial charge in [0.15, 0.2) is 0 Å². The molecule has 0 aliphatic carbocycles. The summed E-state index contributed by atoms with van der Waals surface area (Å²) in [6, 6.07) is 5.87. The maximum atomic E-state index is 13.0. The first kappa shape index (κ1) is 15.3. The average Bonchev–Trinajstić information content (AvgIpc) is 2.92. The molecule has 0 spiro atoms. The molecule has 1 unspecified atom stereocenters. The van der Waals surface area contributed by atoms with Crippen molar-refractivity contribution < 1.29 is 9.18 Å². The van der Waals surface area contributed by atoms with Gasteiger partial charge in [-0.1, -0.05) is 30.0 Å². The van der Waals surface area contributed by atoms with Gasteiger partial charge in [-0.15, -0.1) is 0 Å². The maximum absolute atomic E-state index is 13.0. The largest absolute Gasteiger partial charge is 0.358 e. The third kappa shape index (κ3) is 4.18. The number of nitrogens with one attached hydrogen (secondary N) is 1. The van der Waals surface area contributed by atoms with Crippen LogP contribution in [0.2, 0.25) is 0 Å².